The van der Waals surface area contributed by atoms with Crippen molar-refractivity contribution in [2.24, 2.45) is 5.92 Å². The SMILES string of the molecule is CC(C)(O)C1CCCCC1.CNc1ccc2ncc(-c3cccc(Cl)c3)n2n1. The smallest absolute Gasteiger partial charge is 0.154 e. The number of benzene rings is 1. The Hall–Kier alpha value is -2.11. The van der Waals surface area contributed by atoms with Gasteiger partial charge in [-0.05, 0) is 56.9 Å². The Balaban J connectivity index is 0.000000192. The van der Waals surface area contributed by atoms with Gasteiger partial charge in [0.15, 0.2) is 5.65 Å². The van der Waals surface area contributed by atoms with Crippen molar-refractivity contribution in [2.45, 2.75) is 51.6 Å². The molecule has 0 aliphatic heterocycles. The number of anilines is 1. The quantitative estimate of drug-likeness (QED) is 0.615. The Morgan fingerprint density at radius 2 is 1.89 bits per heavy atom. The van der Waals surface area contributed by atoms with Gasteiger partial charge in [-0.2, -0.15) is 0 Å². The fourth-order valence-corrected chi connectivity index (χ4v) is 3.85. The summed E-state index contributed by atoms with van der Waals surface area (Å²) in [5.41, 5.74) is 2.30. The van der Waals surface area contributed by atoms with E-state index in [1.807, 2.05) is 57.3 Å². The number of halogens is 1. The van der Waals surface area contributed by atoms with E-state index >= 15 is 0 Å². The van der Waals surface area contributed by atoms with Crippen molar-refractivity contribution in [1.82, 2.24) is 14.6 Å². The lowest BCUT2D eigenvalue weighted by Crippen LogP contribution is -2.32. The number of hydrogen-bond donors (Lipinski definition) is 2. The number of hydrogen-bond acceptors (Lipinski definition) is 4. The molecule has 28 heavy (non-hydrogen) atoms. The second-order valence-corrected chi connectivity index (χ2v) is 8.32. The van der Waals surface area contributed by atoms with E-state index in [1.54, 1.807) is 10.7 Å². The van der Waals surface area contributed by atoms with Gasteiger partial charge in [0, 0.05) is 17.6 Å². The van der Waals surface area contributed by atoms with Gasteiger partial charge >= 0.3 is 0 Å². The van der Waals surface area contributed by atoms with Gasteiger partial charge in [0.05, 0.1) is 17.5 Å². The third-order valence-corrected chi connectivity index (χ3v) is 5.58. The Bertz CT molecular complexity index is 910. The maximum absolute atomic E-state index is 9.64. The predicted molar refractivity (Wildman–Crippen MR) is 116 cm³/mol. The van der Waals surface area contributed by atoms with E-state index in [2.05, 4.69) is 15.4 Å². The van der Waals surface area contributed by atoms with Gasteiger partial charge in [0.1, 0.15) is 5.82 Å². The maximum Gasteiger partial charge on any atom is 0.154 e. The minimum Gasteiger partial charge on any atom is -0.390 e. The molecule has 0 atom stereocenters. The van der Waals surface area contributed by atoms with Crippen molar-refractivity contribution in [3.05, 3.63) is 47.6 Å². The molecule has 1 fully saturated rings. The molecule has 1 aliphatic rings. The highest BCUT2D eigenvalue weighted by Crippen LogP contribution is 2.31. The van der Waals surface area contributed by atoms with Gasteiger partial charge in [0.25, 0.3) is 0 Å². The molecule has 1 saturated carbocycles. The first kappa shape index (κ1) is 20.6. The molecule has 2 aromatic heterocycles. The highest BCUT2D eigenvalue weighted by Gasteiger charge is 2.27. The van der Waals surface area contributed by atoms with E-state index in [4.69, 9.17) is 11.6 Å². The summed E-state index contributed by atoms with van der Waals surface area (Å²) in [5, 5.41) is 17.8. The Morgan fingerprint density at radius 3 is 2.50 bits per heavy atom. The zero-order valence-corrected chi connectivity index (χ0v) is 17.6. The third kappa shape index (κ3) is 5.03. The molecule has 0 unspecified atom stereocenters. The first-order valence-electron chi connectivity index (χ1n) is 9.89. The third-order valence-electron chi connectivity index (χ3n) is 5.34. The molecular formula is C22H29ClN4O. The fourth-order valence-electron chi connectivity index (χ4n) is 3.66. The maximum atomic E-state index is 9.64. The number of aliphatic hydroxyl groups is 1. The summed E-state index contributed by atoms with van der Waals surface area (Å²) in [4.78, 5) is 4.33. The topological polar surface area (TPSA) is 62.5 Å². The van der Waals surface area contributed by atoms with Crippen LogP contribution in [0.2, 0.25) is 5.02 Å². The molecule has 150 valence electrons. The van der Waals surface area contributed by atoms with Gasteiger partial charge in [-0.15, -0.1) is 5.10 Å². The summed E-state index contributed by atoms with van der Waals surface area (Å²) in [5.74, 6) is 1.35. The number of rotatable bonds is 3. The van der Waals surface area contributed by atoms with Crippen molar-refractivity contribution >= 4 is 23.1 Å². The number of imidazole rings is 1. The molecule has 1 aromatic carbocycles. The van der Waals surface area contributed by atoms with Gasteiger partial charge in [-0.3, -0.25) is 0 Å². The lowest BCUT2D eigenvalue weighted by atomic mass is 9.79. The van der Waals surface area contributed by atoms with Crippen LogP contribution in [0.1, 0.15) is 46.0 Å². The van der Waals surface area contributed by atoms with Crippen LogP contribution in [0.3, 0.4) is 0 Å². The van der Waals surface area contributed by atoms with Crippen molar-refractivity contribution in [1.29, 1.82) is 0 Å². The van der Waals surface area contributed by atoms with E-state index in [-0.39, 0.29) is 0 Å². The standard InChI is InChI=1S/C13H11ClN4.C9H18O/c1-15-12-5-6-13-16-8-11(18(13)17-12)9-3-2-4-10(14)7-9;1-9(2,10)8-6-4-3-5-7-8/h2-8H,1H3,(H,15,17);8,10H,3-7H2,1-2H3. The van der Waals surface area contributed by atoms with Crippen LogP contribution in [-0.4, -0.2) is 32.4 Å². The van der Waals surface area contributed by atoms with Crippen LogP contribution in [-0.2, 0) is 0 Å². The first-order chi connectivity index (χ1) is 13.4. The molecule has 4 rings (SSSR count). The summed E-state index contributed by atoms with van der Waals surface area (Å²) in [6, 6.07) is 11.5. The molecule has 0 spiro atoms. The average molecular weight is 401 g/mol. The molecule has 0 radical (unpaired) electrons. The van der Waals surface area contributed by atoms with Crippen molar-refractivity contribution in [3.63, 3.8) is 0 Å². The summed E-state index contributed by atoms with van der Waals surface area (Å²) >= 11 is 6.01. The van der Waals surface area contributed by atoms with E-state index in [0.29, 0.717) is 10.9 Å². The highest BCUT2D eigenvalue weighted by molar-refractivity contribution is 6.30. The molecule has 0 bridgehead atoms. The van der Waals surface area contributed by atoms with Crippen LogP contribution in [0.15, 0.2) is 42.6 Å². The number of nitrogens with one attached hydrogen (secondary N) is 1. The number of fused-ring (bicyclic) bond motifs is 1. The first-order valence-corrected chi connectivity index (χ1v) is 10.3. The Labute approximate surface area is 171 Å². The van der Waals surface area contributed by atoms with Crippen LogP contribution in [0.4, 0.5) is 5.82 Å². The number of aromatic nitrogens is 3. The van der Waals surface area contributed by atoms with Crippen LogP contribution < -0.4 is 5.32 Å². The highest BCUT2D eigenvalue weighted by atomic mass is 35.5. The zero-order chi connectivity index (χ0) is 20.1. The van der Waals surface area contributed by atoms with Gasteiger partial charge in [0.2, 0.25) is 0 Å². The Kier molecular flexibility index (Phi) is 6.57. The molecule has 1 aliphatic carbocycles. The zero-order valence-electron chi connectivity index (χ0n) is 16.8. The second-order valence-electron chi connectivity index (χ2n) is 7.88. The predicted octanol–water partition coefficient (Wildman–Crippen LogP) is 5.43. The number of nitrogens with zero attached hydrogens (tertiary/aromatic N) is 3. The second kappa shape index (κ2) is 8.93. The van der Waals surface area contributed by atoms with E-state index in [1.165, 1.54) is 32.1 Å². The minimum absolute atomic E-state index is 0.430. The van der Waals surface area contributed by atoms with Gasteiger partial charge < -0.3 is 10.4 Å². The van der Waals surface area contributed by atoms with Gasteiger partial charge in [-0.1, -0.05) is 43.0 Å². The normalized spacial score (nSPS) is 15.2. The lowest BCUT2D eigenvalue weighted by Gasteiger charge is -2.32. The molecule has 0 amide bonds. The summed E-state index contributed by atoms with van der Waals surface area (Å²) in [7, 11) is 1.84. The molecular weight excluding hydrogens is 372 g/mol. The molecule has 2 heterocycles. The minimum atomic E-state index is -0.430. The molecule has 5 nitrogen and oxygen atoms in total. The largest absolute Gasteiger partial charge is 0.390 e. The van der Waals surface area contributed by atoms with Crippen LogP contribution >= 0.6 is 11.6 Å². The van der Waals surface area contributed by atoms with Crippen molar-refractivity contribution < 1.29 is 5.11 Å². The molecule has 0 saturated heterocycles. The molecule has 2 N–H and O–H groups in total. The van der Waals surface area contributed by atoms with Crippen LogP contribution in [0, 0.1) is 5.92 Å². The van der Waals surface area contributed by atoms with Crippen molar-refractivity contribution in [3.8, 4) is 11.3 Å². The summed E-state index contributed by atoms with van der Waals surface area (Å²) in [6.07, 6.45) is 8.25. The van der Waals surface area contributed by atoms with Crippen LogP contribution in [0.25, 0.3) is 16.9 Å². The van der Waals surface area contributed by atoms with Gasteiger partial charge in [-0.25, -0.2) is 9.50 Å². The molecule has 6 heteroatoms. The monoisotopic (exact) mass is 400 g/mol. The molecule has 3 aromatic rings. The van der Waals surface area contributed by atoms with E-state index in [9.17, 15) is 5.11 Å². The lowest BCUT2D eigenvalue weighted by molar-refractivity contribution is 0.000834. The fraction of sp³-hybridized carbons (Fsp3) is 0.455. The van der Waals surface area contributed by atoms with Crippen molar-refractivity contribution in [2.75, 3.05) is 12.4 Å². The van der Waals surface area contributed by atoms with E-state index in [0.717, 1.165) is 22.7 Å². The summed E-state index contributed by atoms with van der Waals surface area (Å²) in [6.45, 7) is 3.87. The average Bonchev–Trinajstić information content (AvgIpc) is 3.11. The Morgan fingerprint density at radius 1 is 1.14 bits per heavy atom. The van der Waals surface area contributed by atoms with E-state index < -0.39 is 5.60 Å². The summed E-state index contributed by atoms with van der Waals surface area (Å²) < 4.78 is 1.80. The van der Waals surface area contributed by atoms with Crippen LogP contribution in [0.5, 0.6) is 0 Å².